The molecule has 0 bridgehead atoms. The second-order valence-corrected chi connectivity index (χ2v) is 4.79. The number of hydrogen-bond donors (Lipinski definition) is 1. The second-order valence-electron chi connectivity index (χ2n) is 3.83. The molecule has 2 rings (SSSR count). The highest BCUT2D eigenvalue weighted by Gasteiger charge is 2.08. The minimum absolute atomic E-state index is 0.650. The van der Waals surface area contributed by atoms with Crippen LogP contribution < -0.4 is 5.73 Å². The molecule has 0 aromatic carbocycles. The van der Waals surface area contributed by atoms with E-state index in [1.807, 2.05) is 24.7 Å². The summed E-state index contributed by atoms with van der Waals surface area (Å²) in [5.74, 6) is 0. The van der Waals surface area contributed by atoms with Crippen LogP contribution in [0.5, 0.6) is 0 Å². The van der Waals surface area contributed by atoms with Crippen LogP contribution >= 0.6 is 11.8 Å². The number of nitrogens with zero attached hydrogens (tertiary/aromatic N) is 4. The summed E-state index contributed by atoms with van der Waals surface area (Å²) in [6.07, 6.45) is 4.42. The molecule has 2 N–H and O–H groups in total. The van der Waals surface area contributed by atoms with E-state index in [-0.39, 0.29) is 0 Å². The molecule has 0 unspecified atom stereocenters. The van der Waals surface area contributed by atoms with E-state index < -0.39 is 0 Å². The molecule has 0 radical (unpaired) electrons. The topological polar surface area (TPSA) is 69.6 Å². The van der Waals surface area contributed by atoms with Gasteiger partial charge in [-0.25, -0.2) is 4.98 Å². The lowest BCUT2D eigenvalue weighted by Gasteiger charge is -2.06. The first-order valence-corrected chi connectivity index (χ1v) is 6.20. The van der Waals surface area contributed by atoms with Gasteiger partial charge in [0.1, 0.15) is 11.4 Å². The van der Waals surface area contributed by atoms with Gasteiger partial charge in [0.2, 0.25) is 0 Å². The van der Waals surface area contributed by atoms with E-state index >= 15 is 0 Å². The molecule has 0 aliphatic heterocycles. The van der Waals surface area contributed by atoms with Crippen molar-refractivity contribution in [1.29, 1.82) is 0 Å². The van der Waals surface area contributed by atoms with Gasteiger partial charge in [-0.05, 0) is 42.8 Å². The maximum absolute atomic E-state index is 5.52. The molecule has 90 valence electrons. The maximum Gasteiger partial charge on any atom is 0.197 e. The lowest BCUT2D eigenvalue weighted by Crippen LogP contribution is -2.03. The standard InChI is InChI=1S/C11H15N5S/c1-8-5-9(3-4-12)6-13-10(8)17-11-15-14-7-16(11)2/h5-7H,3-4,12H2,1-2H3. The fourth-order valence-corrected chi connectivity index (χ4v) is 2.26. The van der Waals surface area contributed by atoms with Crippen molar-refractivity contribution in [3.05, 3.63) is 29.7 Å². The third-order valence-electron chi connectivity index (χ3n) is 2.38. The van der Waals surface area contributed by atoms with Crippen molar-refractivity contribution in [3.63, 3.8) is 0 Å². The van der Waals surface area contributed by atoms with Gasteiger partial charge < -0.3 is 10.3 Å². The van der Waals surface area contributed by atoms with E-state index in [1.54, 1.807) is 6.33 Å². The number of nitrogens with two attached hydrogens (primary N) is 1. The van der Waals surface area contributed by atoms with Gasteiger partial charge in [-0.2, -0.15) is 0 Å². The molecule has 6 heteroatoms. The monoisotopic (exact) mass is 249 g/mol. The fourth-order valence-electron chi connectivity index (χ4n) is 1.48. The van der Waals surface area contributed by atoms with E-state index in [4.69, 9.17) is 5.73 Å². The Morgan fingerprint density at radius 2 is 2.29 bits per heavy atom. The van der Waals surface area contributed by atoms with Gasteiger partial charge >= 0.3 is 0 Å². The predicted octanol–water partition coefficient (Wildman–Crippen LogP) is 1.17. The summed E-state index contributed by atoms with van der Waals surface area (Å²) in [5.41, 5.74) is 7.84. The third-order valence-corrected chi connectivity index (χ3v) is 3.55. The molecule has 0 spiro atoms. The minimum atomic E-state index is 0.650. The van der Waals surface area contributed by atoms with Crippen LogP contribution in [0.3, 0.4) is 0 Å². The Balaban J connectivity index is 2.19. The van der Waals surface area contributed by atoms with Crippen LogP contribution in [0.1, 0.15) is 11.1 Å². The molecule has 17 heavy (non-hydrogen) atoms. The number of pyridine rings is 1. The summed E-state index contributed by atoms with van der Waals surface area (Å²) in [6.45, 7) is 2.70. The number of aromatic nitrogens is 4. The summed E-state index contributed by atoms with van der Waals surface area (Å²) >= 11 is 1.52. The third kappa shape index (κ3) is 2.83. The molecule has 0 aliphatic rings. The van der Waals surface area contributed by atoms with Crippen LogP contribution in [0, 0.1) is 6.92 Å². The SMILES string of the molecule is Cc1cc(CCN)cnc1Sc1nncn1C. The van der Waals surface area contributed by atoms with Crippen molar-refractivity contribution in [2.24, 2.45) is 12.8 Å². The summed E-state index contributed by atoms with van der Waals surface area (Å²) in [7, 11) is 1.92. The minimum Gasteiger partial charge on any atom is -0.330 e. The van der Waals surface area contributed by atoms with Crippen LogP contribution in [0.15, 0.2) is 28.8 Å². The van der Waals surface area contributed by atoms with Gasteiger partial charge in [-0.3, -0.25) is 0 Å². The van der Waals surface area contributed by atoms with Crippen molar-refractivity contribution < 1.29 is 0 Å². The Morgan fingerprint density at radius 3 is 2.88 bits per heavy atom. The maximum atomic E-state index is 5.52. The second kappa shape index (κ2) is 5.29. The van der Waals surface area contributed by atoms with E-state index in [9.17, 15) is 0 Å². The molecule has 5 nitrogen and oxygen atoms in total. The van der Waals surface area contributed by atoms with Gasteiger partial charge in [0.05, 0.1) is 0 Å². The number of aryl methyl sites for hydroxylation is 2. The van der Waals surface area contributed by atoms with Gasteiger partial charge in [-0.1, -0.05) is 6.07 Å². The van der Waals surface area contributed by atoms with Crippen LogP contribution in [-0.2, 0) is 13.5 Å². The average molecular weight is 249 g/mol. The zero-order valence-electron chi connectivity index (χ0n) is 9.92. The highest BCUT2D eigenvalue weighted by Crippen LogP contribution is 2.26. The summed E-state index contributed by atoms with van der Waals surface area (Å²) in [4.78, 5) is 4.44. The molecular formula is C11H15N5S. The highest BCUT2D eigenvalue weighted by atomic mass is 32.2. The quantitative estimate of drug-likeness (QED) is 0.881. The van der Waals surface area contributed by atoms with Crippen LogP contribution in [0.4, 0.5) is 0 Å². The molecule has 0 fully saturated rings. The zero-order chi connectivity index (χ0) is 12.3. The normalized spacial score (nSPS) is 10.8. The van der Waals surface area contributed by atoms with Crippen molar-refractivity contribution in [3.8, 4) is 0 Å². The Hall–Kier alpha value is -1.40. The van der Waals surface area contributed by atoms with Crippen molar-refractivity contribution in [2.45, 2.75) is 23.5 Å². The first-order valence-electron chi connectivity index (χ1n) is 5.38. The molecule has 0 amide bonds. The fraction of sp³-hybridized carbons (Fsp3) is 0.364. The first-order chi connectivity index (χ1) is 8.20. The van der Waals surface area contributed by atoms with Gasteiger partial charge in [0.25, 0.3) is 0 Å². The van der Waals surface area contributed by atoms with Crippen LogP contribution in [-0.4, -0.2) is 26.3 Å². The van der Waals surface area contributed by atoms with Gasteiger partial charge in [-0.15, -0.1) is 10.2 Å². The van der Waals surface area contributed by atoms with E-state index in [1.165, 1.54) is 17.3 Å². The number of rotatable bonds is 4. The molecule has 0 aliphatic carbocycles. The van der Waals surface area contributed by atoms with E-state index in [2.05, 4.69) is 21.2 Å². The Kier molecular flexibility index (Phi) is 3.75. The van der Waals surface area contributed by atoms with Gasteiger partial charge in [0.15, 0.2) is 5.16 Å². The molecule has 0 saturated heterocycles. The zero-order valence-corrected chi connectivity index (χ0v) is 10.7. The summed E-state index contributed by atoms with van der Waals surface area (Å²) in [5, 5.41) is 9.67. The Morgan fingerprint density at radius 1 is 1.47 bits per heavy atom. The molecule has 0 saturated carbocycles. The largest absolute Gasteiger partial charge is 0.330 e. The molecular weight excluding hydrogens is 234 g/mol. The smallest absolute Gasteiger partial charge is 0.197 e. The van der Waals surface area contributed by atoms with Crippen LogP contribution in [0.25, 0.3) is 0 Å². The van der Waals surface area contributed by atoms with Crippen molar-refractivity contribution in [2.75, 3.05) is 6.54 Å². The lowest BCUT2D eigenvalue weighted by atomic mass is 10.2. The first kappa shape index (κ1) is 12.1. The highest BCUT2D eigenvalue weighted by molar-refractivity contribution is 7.99. The summed E-state index contributed by atoms with van der Waals surface area (Å²) in [6, 6.07) is 2.12. The van der Waals surface area contributed by atoms with E-state index in [0.717, 1.165) is 22.2 Å². The molecule has 0 atom stereocenters. The van der Waals surface area contributed by atoms with Gasteiger partial charge in [0, 0.05) is 13.2 Å². The summed E-state index contributed by atoms with van der Waals surface area (Å²) < 4.78 is 1.87. The lowest BCUT2D eigenvalue weighted by molar-refractivity contribution is 0.786. The number of hydrogen-bond acceptors (Lipinski definition) is 5. The van der Waals surface area contributed by atoms with Crippen molar-refractivity contribution >= 4 is 11.8 Å². The molecule has 2 aromatic rings. The molecule has 2 heterocycles. The molecule has 2 aromatic heterocycles. The van der Waals surface area contributed by atoms with Crippen LogP contribution in [0.2, 0.25) is 0 Å². The Bertz CT molecular complexity index is 508. The van der Waals surface area contributed by atoms with Crippen molar-refractivity contribution in [1.82, 2.24) is 19.7 Å². The Labute approximate surface area is 104 Å². The predicted molar refractivity (Wildman–Crippen MR) is 66.9 cm³/mol. The van der Waals surface area contributed by atoms with E-state index in [0.29, 0.717) is 6.54 Å². The average Bonchev–Trinajstić information content (AvgIpc) is 2.69.